The smallest absolute Gasteiger partial charge is 0.328 e. The largest absolute Gasteiger partial charge is 0.493 e. The van der Waals surface area contributed by atoms with Crippen molar-refractivity contribution >= 4 is 11.9 Å². The Labute approximate surface area is 129 Å². The highest BCUT2D eigenvalue weighted by Crippen LogP contribution is 2.20. The summed E-state index contributed by atoms with van der Waals surface area (Å²) in [5, 5.41) is 9.12. The maximum Gasteiger partial charge on any atom is 0.328 e. The van der Waals surface area contributed by atoms with Crippen molar-refractivity contribution < 1.29 is 24.2 Å². The number of rotatable bonds is 5. The first-order chi connectivity index (χ1) is 10.5. The van der Waals surface area contributed by atoms with Crippen LogP contribution in [0.15, 0.2) is 18.2 Å². The summed E-state index contributed by atoms with van der Waals surface area (Å²) in [4.78, 5) is 24.7. The summed E-state index contributed by atoms with van der Waals surface area (Å²) >= 11 is 0. The highest BCUT2D eigenvalue weighted by molar-refractivity contribution is 5.84. The van der Waals surface area contributed by atoms with E-state index in [2.05, 4.69) is 0 Å². The van der Waals surface area contributed by atoms with Gasteiger partial charge in [0.05, 0.1) is 26.2 Å². The number of nitrogens with zero attached hydrogens (tertiary/aromatic N) is 1. The van der Waals surface area contributed by atoms with Crippen LogP contribution in [0.1, 0.15) is 17.5 Å². The van der Waals surface area contributed by atoms with Crippen LogP contribution in [-0.2, 0) is 14.3 Å². The van der Waals surface area contributed by atoms with Crippen molar-refractivity contribution in [3.8, 4) is 5.75 Å². The Morgan fingerprint density at radius 3 is 2.91 bits per heavy atom. The fourth-order valence-corrected chi connectivity index (χ4v) is 2.38. The first kappa shape index (κ1) is 16.3. The molecular formula is C16H21NO5. The molecule has 1 N–H and O–H groups in total. The third kappa shape index (κ3) is 3.76. The highest BCUT2D eigenvalue weighted by atomic mass is 16.5. The molecule has 1 aromatic carbocycles. The average molecular weight is 307 g/mol. The van der Waals surface area contributed by atoms with E-state index >= 15 is 0 Å². The molecule has 1 amide bonds. The van der Waals surface area contributed by atoms with Crippen molar-refractivity contribution in [1.82, 2.24) is 4.90 Å². The Morgan fingerprint density at radius 2 is 2.18 bits per heavy atom. The van der Waals surface area contributed by atoms with Crippen molar-refractivity contribution in [2.75, 3.05) is 26.4 Å². The zero-order valence-electron chi connectivity index (χ0n) is 12.9. The fourth-order valence-electron chi connectivity index (χ4n) is 2.38. The lowest BCUT2D eigenvalue weighted by Crippen LogP contribution is -2.52. The van der Waals surface area contributed by atoms with Crippen molar-refractivity contribution in [2.24, 2.45) is 0 Å². The first-order valence-electron chi connectivity index (χ1n) is 7.29. The highest BCUT2D eigenvalue weighted by Gasteiger charge is 2.32. The Morgan fingerprint density at radius 1 is 1.41 bits per heavy atom. The molecule has 0 spiro atoms. The van der Waals surface area contributed by atoms with E-state index in [1.165, 1.54) is 4.90 Å². The standard InChI is InChI=1S/C16H21NO5/c1-11-4-3-5-14(12(11)2)22-8-6-15(18)17-7-9-21-10-13(17)16(19)20/h3-5,13H,6-10H2,1-2H3,(H,19,20)/t13-/m0/s1. The van der Waals surface area contributed by atoms with Crippen LogP contribution in [0.4, 0.5) is 0 Å². The van der Waals surface area contributed by atoms with Crippen molar-refractivity contribution in [1.29, 1.82) is 0 Å². The fraction of sp³-hybridized carbons (Fsp3) is 0.500. The number of morpholine rings is 1. The number of carboxylic acids is 1. The van der Waals surface area contributed by atoms with Gasteiger partial charge in [0.1, 0.15) is 5.75 Å². The minimum atomic E-state index is -1.04. The van der Waals surface area contributed by atoms with Crippen LogP contribution in [0.5, 0.6) is 5.75 Å². The van der Waals surface area contributed by atoms with Crippen molar-refractivity contribution in [3.05, 3.63) is 29.3 Å². The van der Waals surface area contributed by atoms with Gasteiger partial charge >= 0.3 is 5.97 Å². The molecule has 0 bridgehead atoms. The molecular weight excluding hydrogens is 286 g/mol. The number of carbonyl (C=O) groups excluding carboxylic acids is 1. The van der Waals surface area contributed by atoms with Crippen LogP contribution in [-0.4, -0.2) is 54.3 Å². The SMILES string of the molecule is Cc1cccc(OCCC(=O)N2CCOC[C@H]2C(=O)O)c1C. The van der Waals surface area contributed by atoms with E-state index in [-0.39, 0.29) is 25.5 Å². The molecule has 1 heterocycles. The van der Waals surface area contributed by atoms with Gasteiger partial charge in [-0.15, -0.1) is 0 Å². The second-order valence-corrected chi connectivity index (χ2v) is 5.31. The van der Waals surface area contributed by atoms with Gasteiger partial charge in [0, 0.05) is 6.54 Å². The molecule has 1 aliphatic heterocycles. The lowest BCUT2D eigenvalue weighted by molar-refractivity contribution is -0.158. The van der Waals surface area contributed by atoms with E-state index in [4.69, 9.17) is 14.6 Å². The van der Waals surface area contributed by atoms with E-state index in [0.717, 1.165) is 16.9 Å². The number of aliphatic carboxylic acids is 1. The summed E-state index contributed by atoms with van der Waals surface area (Å²) in [6.45, 7) is 4.91. The topological polar surface area (TPSA) is 76.1 Å². The van der Waals surface area contributed by atoms with Crippen molar-refractivity contribution in [2.45, 2.75) is 26.3 Å². The predicted molar refractivity (Wildman–Crippen MR) is 80.0 cm³/mol. The van der Waals surface area contributed by atoms with Crippen LogP contribution >= 0.6 is 0 Å². The Balaban J connectivity index is 1.89. The second-order valence-electron chi connectivity index (χ2n) is 5.31. The van der Waals surface area contributed by atoms with Crippen molar-refractivity contribution in [3.63, 3.8) is 0 Å². The van der Waals surface area contributed by atoms with E-state index in [1.54, 1.807) is 0 Å². The zero-order chi connectivity index (χ0) is 16.1. The first-order valence-corrected chi connectivity index (χ1v) is 7.29. The summed E-state index contributed by atoms with van der Waals surface area (Å²) in [5.74, 6) is -0.505. The van der Waals surface area contributed by atoms with Gasteiger partial charge in [-0.1, -0.05) is 12.1 Å². The number of hydrogen-bond donors (Lipinski definition) is 1. The molecule has 0 unspecified atom stereocenters. The number of carbonyl (C=O) groups is 2. The van der Waals surface area contributed by atoms with Crippen LogP contribution in [0.2, 0.25) is 0 Å². The zero-order valence-corrected chi connectivity index (χ0v) is 12.9. The number of benzene rings is 1. The van der Waals surface area contributed by atoms with E-state index in [0.29, 0.717) is 13.2 Å². The summed E-state index contributed by atoms with van der Waals surface area (Å²) in [5.41, 5.74) is 2.17. The van der Waals surface area contributed by atoms with Crippen LogP contribution in [0.25, 0.3) is 0 Å². The number of hydrogen-bond acceptors (Lipinski definition) is 4. The summed E-state index contributed by atoms with van der Waals surface area (Å²) < 4.78 is 10.8. The van der Waals surface area contributed by atoms with Gasteiger partial charge in [0.15, 0.2) is 6.04 Å². The molecule has 1 atom stereocenters. The Kier molecular flexibility index (Phi) is 5.38. The third-order valence-electron chi connectivity index (χ3n) is 3.86. The monoisotopic (exact) mass is 307 g/mol. The summed E-state index contributed by atoms with van der Waals surface area (Å²) in [6, 6.07) is 4.86. The summed E-state index contributed by atoms with van der Waals surface area (Å²) in [7, 11) is 0. The quantitative estimate of drug-likeness (QED) is 0.889. The second kappa shape index (κ2) is 7.26. The van der Waals surface area contributed by atoms with Crippen LogP contribution in [0.3, 0.4) is 0 Å². The van der Waals surface area contributed by atoms with Gasteiger partial charge in [-0.05, 0) is 31.0 Å². The normalized spacial score (nSPS) is 18.1. The molecule has 1 aliphatic rings. The molecule has 1 saturated heterocycles. The number of ether oxygens (including phenoxy) is 2. The van der Waals surface area contributed by atoms with Crippen LogP contribution in [0, 0.1) is 13.8 Å². The van der Waals surface area contributed by atoms with Gasteiger partial charge in [0.25, 0.3) is 0 Å². The lowest BCUT2D eigenvalue weighted by Gasteiger charge is -2.32. The molecule has 6 nitrogen and oxygen atoms in total. The number of carboxylic acid groups (broad SMARTS) is 1. The lowest BCUT2D eigenvalue weighted by atomic mass is 10.1. The number of aryl methyl sites for hydroxylation is 1. The molecule has 0 aliphatic carbocycles. The molecule has 120 valence electrons. The van der Waals surface area contributed by atoms with E-state index in [9.17, 15) is 9.59 Å². The molecule has 6 heteroatoms. The van der Waals surface area contributed by atoms with Crippen LogP contribution < -0.4 is 4.74 Å². The molecule has 1 fully saturated rings. The van der Waals surface area contributed by atoms with Gasteiger partial charge in [-0.3, -0.25) is 4.79 Å². The maximum atomic E-state index is 12.2. The minimum absolute atomic E-state index is 0.0406. The average Bonchev–Trinajstić information content (AvgIpc) is 2.51. The van der Waals surface area contributed by atoms with E-state index in [1.807, 2.05) is 32.0 Å². The predicted octanol–water partition coefficient (Wildman–Crippen LogP) is 1.38. The third-order valence-corrected chi connectivity index (χ3v) is 3.86. The Bertz CT molecular complexity index is 557. The van der Waals surface area contributed by atoms with Gasteiger partial charge in [-0.25, -0.2) is 4.79 Å². The minimum Gasteiger partial charge on any atom is -0.493 e. The molecule has 0 radical (unpaired) electrons. The summed E-state index contributed by atoms with van der Waals surface area (Å²) in [6.07, 6.45) is 0.150. The molecule has 1 aromatic rings. The molecule has 0 saturated carbocycles. The van der Waals surface area contributed by atoms with Gasteiger partial charge in [-0.2, -0.15) is 0 Å². The van der Waals surface area contributed by atoms with Gasteiger partial charge in [0.2, 0.25) is 5.91 Å². The molecule has 0 aromatic heterocycles. The molecule has 2 rings (SSSR count). The Hall–Kier alpha value is -2.08. The van der Waals surface area contributed by atoms with Gasteiger partial charge < -0.3 is 19.5 Å². The number of amides is 1. The molecule has 22 heavy (non-hydrogen) atoms. The van der Waals surface area contributed by atoms with E-state index < -0.39 is 12.0 Å². The maximum absolute atomic E-state index is 12.2.